The number of carbonyl (C=O) groups excluding carboxylic acids is 1. The van der Waals surface area contributed by atoms with E-state index in [2.05, 4.69) is 28.6 Å². The van der Waals surface area contributed by atoms with Gasteiger partial charge in [0.25, 0.3) is 0 Å². The lowest BCUT2D eigenvalue weighted by atomic mass is 9.91. The predicted molar refractivity (Wildman–Crippen MR) is 87.1 cm³/mol. The number of ether oxygens (including phenoxy) is 1. The summed E-state index contributed by atoms with van der Waals surface area (Å²) in [5, 5.41) is 8.39. The van der Waals surface area contributed by atoms with Crippen LogP contribution in [0.25, 0.3) is 0 Å². The first-order chi connectivity index (χ1) is 11.1. The minimum absolute atomic E-state index is 0.0413. The molecule has 0 bridgehead atoms. The van der Waals surface area contributed by atoms with Gasteiger partial charge in [-0.3, -0.25) is 4.79 Å². The minimum Gasteiger partial charge on any atom is -0.378 e. The zero-order valence-corrected chi connectivity index (χ0v) is 14.4. The van der Waals surface area contributed by atoms with Gasteiger partial charge in [0.15, 0.2) is 0 Å². The number of hydrogen-bond donors (Lipinski definition) is 0. The van der Waals surface area contributed by atoms with Crippen molar-refractivity contribution in [1.82, 2.24) is 19.7 Å². The summed E-state index contributed by atoms with van der Waals surface area (Å²) in [6, 6.07) is 0.375. The molecule has 0 aromatic carbocycles. The van der Waals surface area contributed by atoms with E-state index in [9.17, 15) is 4.79 Å². The summed E-state index contributed by atoms with van der Waals surface area (Å²) >= 11 is 0. The molecule has 128 valence electrons. The maximum atomic E-state index is 12.7. The molecule has 3 heterocycles. The molecule has 2 saturated heterocycles. The number of rotatable bonds is 3. The molecular weight excluding hydrogens is 292 g/mol. The number of carbonyl (C=O) groups is 1. The van der Waals surface area contributed by atoms with Gasteiger partial charge in [-0.15, -0.1) is 10.2 Å². The van der Waals surface area contributed by atoms with Gasteiger partial charge in [0.05, 0.1) is 12.0 Å². The summed E-state index contributed by atoms with van der Waals surface area (Å²) in [5.41, 5.74) is 0. The molecule has 0 aliphatic carbocycles. The Bertz CT molecular complexity index is 534. The van der Waals surface area contributed by atoms with Gasteiger partial charge < -0.3 is 14.2 Å². The van der Waals surface area contributed by atoms with Crippen molar-refractivity contribution in [2.75, 3.05) is 19.7 Å². The SMILES string of the molecule is CC1OCCCC1C(=O)N1CCC(c2nncn2C(C)C)CC1. The second-order valence-electron chi connectivity index (χ2n) is 7.11. The second kappa shape index (κ2) is 6.99. The quantitative estimate of drug-likeness (QED) is 0.858. The average Bonchev–Trinajstić information content (AvgIpc) is 3.05. The summed E-state index contributed by atoms with van der Waals surface area (Å²) in [6.45, 7) is 8.75. The van der Waals surface area contributed by atoms with Gasteiger partial charge in [-0.25, -0.2) is 0 Å². The van der Waals surface area contributed by atoms with Crippen LogP contribution in [0.3, 0.4) is 0 Å². The number of nitrogens with zero attached hydrogens (tertiary/aromatic N) is 4. The molecule has 6 heteroatoms. The van der Waals surface area contributed by atoms with Crippen molar-refractivity contribution < 1.29 is 9.53 Å². The van der Waals surface area contributed by atoms with Crippen LogP contribution in [0.4, 0.5) is 0 Å². The van der Waals surface area contributed by atoms with Crippen LogP contribution in [0.2, 0.25) is 0 Å². The monoisotopic (exact) mass is 320 g/mol. The normalized spacial score (nSPS) is 26.7. The molecule has 2 fully saturated rings. The fraction of sp³-hybridized carbons (Fsp3) is 0.824. The molecule has 0 saturated carbocycles. The molecule has 2 atom stereocenters. The number of aromatic nitrogens is 3. The maximum Gasteiger partial charge on any atom is 0.228 e. The Labute approximate surface area is 138 Å². The number of likely N-dealkylation sites (tertiary alicyclic amines) is 1. The fourth-order valence-corrected chi connectivity index (χ4v) is 3.78. The van der Waals surface area contributed by atoms with E-state index in [0.29, 0.717) is 12.0 Å². The highest BCUT2D eigenvalue weighted by atomic mass is 16.5. The third kappa shape index (κ3) is 3.42. The van der Waals surface area contributed by atoms with Gasteiger partial charge in [-0.05, 0) is 46.5 Å². The van der Waals surface area contributed by atoms with Crippen LogP contribution in [0.1, 0.15) is 64.2 Å². The molecule has 2 unspecified atom stereocenters. The van der Waals surface area contributed by atoms with Crippen LogP contribution in [0.15, 0.2) is 6.33 Å². The second-order valence-corrected chi connectivity index (χ2v) is 7.11. The topological polar surface area (TPSA) is 60.2 Å². The summed E-state index contributed by atoms with van der Waals surface area (Å²) in [6.07, 6.45) is 5.77. The van der Waals surface area contributed by atoms with E-state index >= 15 is 0 Å². The van der Waals surface area contributed by atoms with E-state index in [4.69, 9.17) is 4.74 Å². The molecule has 2 aliphatic rings. The lowest BCUT2D eigenvalue weighted by Gasteiger charge is -2.37. The third-order valence-corrected chi connectivity index (χ3v) is 5.25. The molecule has 1 amide bonds. The van der Waals surface area contributed by atoms with Crippen molar-refractivity contribution in [1.29, 1.82) is 0 Å². The van der Waals surface area contributed by atoms with Crippen molar-refractivity contribution in [3.05, 3.63) is 12.2 Å². The number of piperidine rings is 1. The fourth-order valence-electron chi connectivity index (χ4n) is 3.78. The standard InChI is InChI=1S/C17H28N4O2/c1-12(2)21-11-18-19-16(21)14-6-8-20(9-7-14)17(22)15-5-4-10-23-13(15)3/h11-15H,4-10H2,1-3H3. The predicted octanol–water partition coefficient (Wildman–Crippen LogP) is 2.38. The Kier molecular flexibility index (Phi) is 4.99. The highest BCUT2D eigenvalue weighted by molar-refractivity contribution is 5.79. The molecule has 0 radical (unpaired) electrons. The number of hydrogen-bond acceptors (Lipinski definition) is 4. The Morgan fingerprint density at radius 3 is 2.70 bits per heavy atom. The minimum atomic E-state index is 0.0413. The molecular formula is C17H28N4O2. The summed E-state index contributed by atoms with van der Waals surface area (Å²) in [7, 11) is 0. The van der Waals surface area contributed by atoms with Crippen LogP contribution >= 0.6 is 0 Å². The lowest BCUT2D eigenvalue weighted by molar-refractivity contribution is -0.145. The van der Waals surface area contributed by atoms with Crippen molar-refractivity contribution >= 4 is 5.91 Å². The highest BCUT2D eigenvalue weighted by Gasteiger charge is 2.34. The van der Waals surface area contributed by atoms with Crippen LogP contribution in [0.5, 0.6) is 0 Å². The summed E-state index contributed by atoms with van der Waals surface area (Å²) in [5.74, 6) is 1.80. The van der Waals surface area contributed by atoms with E-state index in [1.165, 1.54) is 0 Å². The zero-order chi connectivity index (χ0) is 16.4. The van der Waals surface area contributed by atoms with Gasteiger partial charge >= 0.3 is 0 Å². The maximum absolute atomic E-state index is 12.7. The van der Waals surface area contributed by atoms with Crippen molar-refractivity contribution in [2.45, 2.75) is 64.5 Å². The molecule has 1 aromatic heterocycles. The third-order valence-electron chi connectivity index (χ3n) is 5.25. The molecule has 0 spiro atoms. The van der Waals surface area contributed by atoms with Crippen molar-refractivity contribution in [3.63, 3.8) is 0 Å². The molecule has 1 aromatic rings. The van der Waals surface area contributed by atoms with Crippen LogP contribution < -0.4 is 0 Å². The first kappa shape index (κ1) is 16.4. The first-order valence-corrected chi connectivity index (χ1v) is 8.87. The average molecular weight is 320 g/mol. The van der Waals surface area contributed by atoms with Gasteiger partial charge in [0.2, 0.25) is 5.91 Å². The Morgan fingerprint density at radius 1 is 1.30 bits per heavy atom. The van der Waals surface area contributed by atoms with Gasteiger partial charge in [0, 0.05) is 31.7 Å². The Morgan fingerprint density at radius 2 is 2.04 bits per heavy atom. The molecule has 3 rings (SSSR count). The van der Waals surface area contributed by atoms with Crippen LogP contribution in [0, 0.1) is 5.92 Å². The smallest absolute Gasteiger partial charge is 0.228 e. The van der Waals surface area contributed by atoms with E-state index in [-0.39, 0.29) is 17.9 Å². The molecule has 0 N–H and O–H groups in total. The van der Waals surface area contributed by atoms with Crippen LogP contribution in [-0.4, -0.2) is 51.4 Å². The summed E-state index contributed by atoms with van der Waals surface area (Å²) in [4.78, 5) is 14.8. The molecule has 23 heavy (non-hydrogen) atoms. The molecule has 2 aliphatic heterocycles. The van der Waals surface area contributed by atoms with Gasteiger partial charge in [0.1, 0.15) is 12.2 Å². The zero-order valence-electron chi connectivity index (χ0n) is 14.4. The summed E-state index contributed by atoms with van der Waals surface area (Å²) < 4.78 is 7.81. The Balaban J connectivity index is 1.60. The Hall–Kier alpha value is -1.43. The highest BCUT2D eigenvalue weighted by Crippen LogP contribution is 2.30. The van der Waals surface area contributed by atoms with Crippen LogP contribution in [-0.2, 0) is 9.53 Å². The van der Waals surface area contributed by atoms with Gasteiger partial charge in [-0.2, -0.15) is 0 Å². The van der Waals surface area contributed by atoms with E-state index in [0.717, 1.165) is 51.2 Å². The largest absolute Gasteiger partial charge is 0.378 e. The van der Waals surface area contributed by atoms with Crippen molar-refractivity contribution in [2.24, 2.45) is 5.92 Å². The van der Waals surface area contributed by atoms with E-state index < -0.39 is 0 Å². The number of amides is 1. The van der Waals surface area contributed by atoms with Crippen molar-refractivity contribution in [3.8, 4) is 0 Å². The lowest BCUT2D eigenvalue weighted by Crippen LogP contribution is -2.46. The first-order valence-electron chi connectivity index (χ1n) is 8.87. The van der Waals surface area contributed by atoms with E-state index in [1.54, 1.807) is 0 Å². The molecule has 6 nitrogen and oxygen atoms in total. The van der Waals surface area contributed by atoms with E-state index in [1.807, 2.05) is 18.2 Å². The van der Waals surface area contributed by atoms with Gasteiger partial charge in [-0.1, -0.05) is 0 Å².